The highest BCUT2D eigenvalue weighted by Gasteiger charge is 2.78. The highest BCUT2D eigenvalue weighted by atomic mass is 35.5. The standard InChI is InChI=1S/C25H30ClFO7/c1-5-19(31)34-25(21(32)33-12-26)13(2)8-16-20-17(29)10-14-9-15(28)6-7-22(14,3)24(20,27)18(30)11-23(16,25)4/h6-7,9,16-18,20,29-30H,2,5,8,10-12H2,1,3-4H3/t16-,17-,18-,20+,22-,23-,24+,25+/m0/s1. The minimum Gasteiger partial charge on any atom is -0.446 e. The molecule has 186 valence electrons. The van der Waals surface area contributed by atoms with Crippen LogP contribution in [0.2, 0.25) is 0 Å². The van der Waals surface area contributed by atoms with Gasteiger partial charge in [-0.25, -0.2) is 9.18 Å². The SMILES string of the molecule is C=C1C[C@H]2[C@@H]3[C@@H](O)CC4=CC(=O)C=C[C@]4(C)[C@@]3(F)[C@@H](O)C[C@]2(C)[C@]1(OC(=O)CC)C(=O)OCCl. The number of ether oxygens (including phenoxy) is 2. The van der Waals surface area contributed by atoms with Crippen LogP contribution in [-0.4, -0.2) is 57.5 Å². The van der Waals surface area contributed by atoms with Gasteiger partial charge < -0.3 is 19.7 Å². The van der Waals surface area contributed by atoms with Crippen LogP contribution >= 0.6 is 11.6 Å². The number of hydrogen-bond acceptors (Lipinski definition) is 7. The first-order chi connectivity index (χ1) is 15.8. The molecule has 0 spiro atoms. The van der Waals surface area contributed by atoms with Gasteiger partial charge in [0.25, 0.3) is 0 Å². The number of aliphatic hydroxyl groups is 2. The van der Waals surface area contributed by atoms with Crippen molar-refractivity contribution in [3.63, 3.8) is 0 Å². The number of carbonyl (C=O) groups excluding carboxylic acids is 3. The van der Waals surface area contributed by atoms with E-state index < -0.39 is 64.1 Å². The molecule has 0 aromatic carbocycles. The summed E-state index contributed by atoms with van der Waals surface area (Å²) < 4.78 is 28.1. The lowest BCUT2D eigenvalue weighted by molar-refractivity contribution is -0.244. The molecule has 7 nitrogen and oxygen atoms in total. The van der Waals surface area contributed by atoms with E-state index in [0.717, 1.165) is 0 Å². The van der Waals surface area contributed by atoms with Gasteiger partial charge in [-0.2, -0.15) is 0 Å². The highest BCUT2D eigenvalue weighted by molar-refractivity contribution is 6.17. The predicted molar refractivity (Wildman–Crippen MR) is 120 cm³/mol. The molecule has 0 aromatic rings. The second-order valence-electron chi connectivity index (χ2n) is 10.3. The number of ketones is 1. The third-order valence-corrected chi connectivity index (χ3v) is 8.95. The molecule has 0 radical (unpaired) electrons. The first kappa shape index (κ1) is 25.1. The van der Waals surface area contributed by atoms with Gasteiger partial charge in [0, 0.05) is 23.2 Å². The molecule has 0 aromatic heterocycles. The minimum absolute atomic E-state index is 0.0303. The largest absolute Gasteiger partial charge is 0.446 e. The summed E-state index contributed by atoms with van der Waals surface area (Å²) in [4.78, 5) is 37.8. The number of aliphatic hydroxyl groups excluding tert-OH is 2. The summed E-state index contributed by atoms with van der Waals surface area (Å²) in [5.74, 6) is -3.78. The number of esters is 2. The molecule has 4 rings (SSSR count). The van der Waals surface area contributed by atoms with E-state index >= 15 is 4.39 Å². The molecule has 34 heavy (non-hydrogen) atoms. The Balaban J connectivity index is 1.89. The molecule has 0 bridgehead atoms. The van der Waals surface area contributed by atoms with Gasteiger partial charge in [-0.3, -0.25) is 9.59 Å². The number of fused-ring (bicyclic) bond motifs is 5. The topological polar surface area (TPSA) is 110 Å². The van der Waals surface area contributed by atoms with Crippen LogP contribution in [-0.2, 0) is 23.9 Å². The van der Waals surface area contributed by atoms with Crippen molar-refractivity contribution in [2.45, 2.75) is 69.9 Å². The maximum absolute atomic E-state index is 17.3. The molecule has 4 aliphatic rings. The molecule has 0 saturated heterocycles. The zero-order valence-corrected chi connectivity index (χ0v) is 20.2. The normalized spacial score (nSPS) is 45.1. The van der Waals surface area contributed by atoms with Crippen molar-refractivity contribution >= 4 is 29.3 Å². The van der Waals surface area contributed by atoms with Crippen LogP contribution in [0.15, 0.2) is 36.0 Å². The highest BCUT2D eigenvalue weighted by Crippen LogP contribution is 2.71. The summed E-state index contributed by atoms with van der Waals surface area (Å²) in [6.07, 6.45) is 0.952. The molecule has 4 aliphatic carbocycles. The average molecular weight is 497 g/mol. The smallest absolute Gasteiger partial charge is 0.356 e. The molecule has 3 fully saturated rings. The van der Waals surface area contributed by atoms with Crippen molar-refractivity contribution in [3.05, 3.63) is 36.0 Å². The Hall–Kier alpha value is -2.03. The van der Waals surface area contributed by atoms with Crippen molar-refractivity contribution < 1.29 is 38.5 Å². The van der Waals surface area contributed by atoms with Crippen LogP contribution in [0, 0.1) is 22.7 Å². The van der Waals surface area contributed by atoms with Crippen LogP contribution in [0.1, 0.15) is 46.5 Å². The number of halogens is 2. The summed E-state index contributed by atoms with van der Waals surface area (Å²) in [6, 6.07) is -0.495. The van der Waals surface area contributed by atoms with Crippen molar-refractivity contribution in [3.8, 4) is 0 Å². The van der Waals surface area contributed by atoms with E-state index in [4.69, 9.17) is 21.1 Å². The van der Waals surface area contributed by atoms with Crippen LogP contribution in [0.5, 0.6) is 0 Å². The van der Waals surface area contributed by atoms with Crippen molar-refractivity contribution in [2.24, 2.45) is 22.7 Å². The van der Waals surface area contributed by atoms with Crippen molar-refractivity contribution in [2.75, 3.05) is 6.07 Å². The minimum atomic E-state index is -2.35. The fourth-order valence-corrected chi connectivity index (χ4v) is 7.25. The van der Waals surface area contributed by atoms with Gasteiger partial charge in [0.05, 0.1) is 12.2 Å². The Morgan fingerprint density at radius 2 is 1.97 bits per heavy atom. The number of allylic oxidation sites excluding steroid dienone is 3. The van der Waals surface area contributed by atoms with E-state index in [9.17, 15) is 24.6 Å². The van der Waals surface area contributed by atoms with E-state index in [0.29, 0.717) is 5.57 Å². The lowest BCUT2D eigenvalue weighted by Gasteiger charge is -2.63. The third-order valence-electron chi connectivity index (χ3n) is 8.84. The van der Waals surface area contributed by atoms with Crippen LogP contribution < -0.4 is 0 Å². The maximum Gasteiger partial charge on any atom is 0.356 e. The first-order valence-electron chi connectivity index (χ1n) is 11.5. The molecule has 0 unspecified atom stereocenters. The van der Waals surface area contributed by atoms with E-state index in [1.54, 1.807) is 20.8 Å². The second kappa shape index (κ2) is 8.00. The molecule has 0 aliphatic heterocycles. The third kappa shape index (κ3) is 2.91. The fourth-order valence-electron chi connectivity index (χ4n) is 7.15. The Morgan fingerprint density at radius 1 is 1.29 bits per heavy atom. The molecule has 0 heterocycles. The summed E-state index contributed by atoms with van der Waals surface area (Å²) >= 11 is 5.66. The molecule has 8 atom stereocenters. The lowest BCUT2D eigenvalue weighted by atomic mass is 9.44. The summed E-state index contributed by atoms with van der Waals surface area (Å²) in [6.45, 7) is 8.83. The van der Waals surface area contributed by atoms with E-state index in [1.165, 1.54) is 18.2 Å². The summed E-state index contributed by atoms with van der Waals surface area (Å²) in [7, 11) is 0. The number of rotatable bonds is 4. The van der Waals surface area contributed by atoms with E-state index in [2.05, 4.69) is 6.58 Å². The van der Waals surface area contributed by atoms with Gasteiger partial charge in [-0.15, -0.1) is 0 Å². The van der Waals surface area contributed by atoms with Crippen LogP contribution in [0.4, 0.5) is 4.39 Å². The monoisotopic (exact) mass is 496 g/mol. The quantitative estimate of drug-likeness (QED) is 0.350. The van der Waals surface area contributed by atoms with Gasteiger partial charge in [0.15, 0.2) is 17.5 Å². The van der Waals surface area contributed by atoms with Gasteiger partial charge in [0.1, 0.15) is 0 Å². The van der Waals surface area contributed by atoms with E-state index in [1.807, 2.05) is 0 Å². The van der Waals surface area contributed by atoms with Crippen LogP contribution in [0.25, 0.3) is 0 Å². The summed E-state index contributed by atoms with van der Waals surface area (Å²) in [5, 5.41) is 22.6. The number of carbonyl (C=O) groups is 3. The number of hydrogen-bond donors (Lipinski definition) is 2. The first-order valence-corrected chi connectivity index (χ1v) is 12.0. The predicted octanol–water partition coefficient (Wildman–Crippen LogP) is 2.93. The number of alkyl halides is 2. The molecular weight excluding hydrogens is 467 g/mol. The Kier molecular flexibility index (Phi) is 5.90. The average Bonchev–Trinajstić information content (AvgIpc) is 2.97. The fraction of sp³-hybridized carbons (Fsp3) is 0.640. The Morgan fingerprint density at radius 3 is 2.59 bits per heavy atom. The lowest BCUT2D eigenvalue weighted by Crippen LogP contribution is -2.72. The van der Waals surface area contributed by atoms with Crippen LogP contribution in [0.3, 0.4) is 0 Å². The Labute approximate surface area is 202 Å². The zero-order valence-electron chi connectivity index (χ0n) is 19.5. The molecule has 9 heteroatoms. The van der Waals surface area contributed by atoms with Crippen molar-refractivity contribution in [1.82, 2.24) is 0 Å². The van der Waals surface area contributed by atoms with Gasteiger partial charge in [0.2, 0.25) is 5.60 Å². The van der Waals surface area contributed by atoms with Gasteiger partial charge in [-0.1, -0.05) is 43.7 Å². The second-order valence-corrected chi connectivity index (χ2v) is 10.5. The molecule has 2 N–H and O–H groups in total. The van der Waals surface area contributed by atoms with Gasteiger partial charge >= 0.3 is 11.9 Å². The molecular formula is C25H30ClFO7. The summed E-state index contributed by atoms with van der Waals surface area (Å²) in [5.41, 5.74) is -6.38. The maximum atomic E-state index is 17.3. The van der Waals surface area contributed by atoms with Crippen molar-refractivity contribution in [1.29, 1.82) is 0 Å². The van der Waals surface area contributed by atoms with E-state index in [-0.39, 0.29) is 37.0 Å². The molecule has 0 amide bonds. The Bertz CT molecular complexity index is 1020. The van der Waals surface area contributed by atoms with Gasteiger partial charge in [-0.05, 0) is 49.8 Å². The molecule has 3 saturated carbocycles. The zero-order chi connectivity index (χ0) is 25.3.